The lowest BCUT2D eigenvalue weighted by Crippen LogP contribution is -3.18. The summed E-state index contributed by atoms with van der Waals surface area (Å²) >= 11 is 0. The molecule has 41 heavy (non-hydrogen) atoms. The minimum atomic E-state index is -4.31. The van der Waals surface area contributed by atoms with Crippen molar-refractivity contribution in [1.29, 1.82) is 0 Å². The molecule has 1 saturated heterocycles. The molecule has 3 heterocycles. The Hall–Kier alpha value is -3.54. The quantitative estimate of drug-likeness (QED) is 0.326. The average Bonchev–Trinajstić information content (AvgIpc) is 3.36. The van der Waals surface area contributed by atoms with Crippen LogP contribution in [0.25, 0.3) is 22.2 Å². The first kappa shape index (κ1) is 27.6. The number of pyridine rings is 1. The summed E-state index contributed by atoms with van der Waals surface area (Å²) in [5.41, 5.74) is 8.98. The van der Waals surface area contributed by atoms with E-state index in [-0.39, 0.29) is 5.69 Å². The van der Waals surface area contributed by atoms with Gasteiger partial charge in [0.1, 0.15) is 22.6 Å². The molecule has 11 heteroatoms. The van der Waals surface area contributed by atoms with Crippen LogP contribution in [0.5, 0.6) is 0 Å². The van der Waals surface area contributed by atoms with E-state index in [9.17, 15) is 12.8 Å². The van der Waals surface area contributed by atoms with Gasteiger partial charge in [0, 0.05) is 37.6 Å². The number of nitrogens with zero attached hydrogens (tertiary/aromatic N) is 2. The molecule has 0 radical (unpaired) electrons. The Kier molecular flexibility index (Phi) is 7.43. The van der Waals surface area contributed by atoms with Crippen LogP contribution in [0, 0.1) is 11.6 Å². The molecule has 6 rings (SSSR count). The molecule has 1 aliphatic heterocycles. The number of nitrogens with two attached hydrogens (primary N) is 1. The molecule has 4 aromatic rings. The Morgan fingerprint density at radius 2 is 1.73 bits per heavy atom. The summed E-state index contributed by atoms with van der Waals surface area (Å²) < 4.78 is 59.3. The number of sulfonamides is 1. The summed E-state index contributed by atoms with van der Waals surface area (Å²) in [6.07, 6.45) is 8.28. The number of halogens is 2. The lowest BCUT2D eigenvalue weighted by Gasteiger charge is -2.37. The highest BCUT2D eigenvalue weighted by atomic mass is 32.2. The van der Waals surface area contributed by atoms with Crippen LogP contribution >= 0.6 is 0 Å². The van der Waals surface area contributed by atoms with Gasteiger partial charge in [0.2, 0.25) is 0 Å². The molecule has 0 amide bonds. The van der Waals surface area contributed by atoms with Crippen molar-refractivity contribution in [3.8, 4) is 11.1 Å². The third kappa shape index (κ3) is 5.41. The predicted octanol–water partition coefficient (Wildman–Crippen LogP) is 3.10. The van der Waals surface area contributed by atoms with E-state index < -0.39 is 26.6 Å². The fourth-order valence-corrected chi connectivity index (χ4v) is 7.62. The van der Waals surface area contributed by atoms with E-state index in [0.29, 0.717) is 23.3 Å². The van der Waals surface area contributed by atoms with Gasteiger partial charge in [-0.1, -0.05) is 18.2 Å². The largest absolute Gasteiger partial charge is 0.398 e. The highest BCUT2D eigenvalue weighted by Crippen LogP contribution is 2.38. The maximum atomic E-state index is 15.3. The van der Waals surface area contributed by atoms with Crippen LogP contribution < -0.4 is 20.3 Å². The molecule has 2 aliphatic rings. The summed E-state index contributed by atoms with van der Waals surface area (Å²) in [5, 5.41) is 0.804. The minimum Gasteiger partial charge on any atom is -0.398 e. The van der Waals surface area contributed by atoms with E-state index >= 15 is 4.39 Å². The van der Waals surface area contributed by atoms with Crippen molar-refractivity contribution in [2.45, 2.75) is 42.7 Å². The topological polar surface area (TPSA) is 98.9 Å². The van der Waals surface area contributed by atoms with Crippen molar-refractivity contribution < 1.29 is 27.1 Å². The summed E-state index contributed by atoms with van der Waals surface area (Å²) in [4.78, 5) is 6.93. The molecule has 2 fully saturated rings. The van der Waals surface area contributed by atoms with Crippen molar-refractivity contribution in [3.63, 3.8) is 0 Å². The highest BCUT2D eigenvalue weighted by molar-refractivity contribution is 7.92. The van der Waals surface area contributed by atoms with Gasteiger partial charge in [-0.05, 0) is 49.7 Å². The molecule has 2 aromatic heterocycles. The Bertz CT molecular complexity index is 1680. The Morgan fingerprint density at radius 1 is 1.00 bits per heavy atom. The molecule has 2 aromatic carbocycles. The van der Waals surface area contributed by atoms with E-state index in [1.165, 1.54) is 37.4 Å². The van der Waals surface area contributed by atoms with Crippen LogP contribution in [0.2, 0.25) is 0 Å². The fraction of sp³-hybridized carbons (Fsp3) is 0.367. The number of likely N-dealkylation sites (N-methyl/N-ethyl adjacent to an activating group) is 1. The second-order valence-electron chi connectivity index (χ2n) is 11.3. The number of aromatic nitrogens is 2. The number of aromatic amines is 1. The number of rotatable bonds is 6. The third-order valence-electron chi connectivity index (χ3n) is 8.75. The number of anilines is 2. The fourth-order valence-electron chi connectivity index (χ4n) is 6.47. The van der Waals surface area contributed by atoms with Crippen LogP contribution in [0.1, 0.15) is 31.7 Å². The molecule has 216 valence electrons. The average molecular weight is 583 g/mol. The normalized spacial score (nSPS) is 20.9. The van der Waals surface area contributed by atoms with Crippen LogP contribution in [-0.4, -0.2) is 57.2 Å². The minimum absolute atomic E-state index is 0.259. The van der Waals surface area contributed by atoms with E-state index in [1.54, 1.807) is 17.0 Å². The second kappa shape index (κ2) is 11.0. The zero-order chi connectivity index (χ0) is 28.7. The van der Waals surface area contributed by atoms with Gasteiger partial charge >= 0.3 is 0 Å². The van der Waals surface area contributed by atoms with Gasteiger partial charge in [-0.3, -0.25) is 9.62 Å². The molecule has 5 N–H and O–H groups in total. The Balaban J connectivity index is 1.27. The van der Waals surface area contributed by atoms with Gasteiger partial charge in [-0.15, -0.1) is 0 Å². The smallest absolute Gasteiger partial charge is 0.289 e. The van der Waals surface area contributed by atoms with Crippen LogP contribution in [-0.2, 0) is 10.0 Å². The van der Waals surface area contributed by atoms with E-state index in [2.05, 4.69) is 26.2 Å². The summed E-state index contributed by atoms with van der Waals surface area (Å²) in [7, 11) is -2.12. The molecule has 0 bridgehead atoms. The first-order valence-corrected chi connectivity index (χ1v) is 15.6. The molecular weight excluding hydrogens is 546 g/mol. The van der Waals surface area contributed by atoms with Gasteiger partial charge in [0.05, 0.1) is 48.3 Å². The van der Waals surface area contributed by atoms with Gasteiger partial charge in [-0.2, -0.15) is 0 Å². The number of quaternary nitrogens is 1. The highest BCUT2D eigenvalue weighted by Gasteiger charge is 2.34. The number of nitrogen functional groups attached to an aromatic ring is 1. The zero-order valence-electron chi connectivity index (χ0n) is 23.0. The molecule has 0 spiro atoms. The molecule has 8 nitrogen and oxygen atoms in total. The van der Waals surface area contributed by atoms with Crippen molar-refractivity contribution in [3.05, 3.63) is 72.6 Å². The number of fused-ring (bicyclic) bond motifs is 1. The zero-order valence-corrected chi connectivity index (χ0v) is 23.9. The number of hydrogen-bond acceptors (Lipinski definition) is 4. The molecular formula is C30H36F2N6O2S+2. The standard InChI is InChI=1S/C30H34F2N6O2S/c1-36-14-16-37(17-15-36)21-7-9-22(10-8-21)38-19-23(29-26(33)12-13-34-30(29)38)20-6-11-27(25(32)18-20)35-41(39,40)28-5-3-2-4-24(28)31/h2-6,11-13,18-19,21-22,35H,7-10,14-17H2,1H3,(H2,33,34)/p+2. The first-order valence-electron chi connectivity index (χ1n) is 14.1. The number of H-pyrrole nitrogens is 1. The van der Waals surface area contributed by atoms with E-state index in [1.807, 2.05) is 12.4 Å². The number of benzene rings is 2. The maximum Gasteiger partial charge on any atom is 0.289 e. The van der Waals surface area contributed by atoms with Crippen LogP contribution in [0.3, 0.4) is 0 Å². The SMILES string of the molecule is CN1CC[NH+](C2CCC(n3cc(-c4ccc(NS(=O)(=O)c5ccccc5F)c(F)c4)c4c(N)cc[nH+]c43)CC2)CC1. The van der Waals surface area contributed by atoms with Crippen molar-refractivity contribution >= 4 is 32.4 Å². The van der Waals surface area contributed by atoms with Crippen molar-refractivity contribution in [1.82, 2.24) is 9.47 Å². The Morgan fingerprint density at radius 3 is 2.44 bits per heavy atom. The predicted molar refractivity (Wildman–Crippen MR) is 155 cm³/mol. The van der Waals surface area contributed by atoms with Gasteiger partial charge in [0.25, 0.3) is 15.7 Å². The lowest BCUT2D eigenvalue weighted by atomic mass is 9.89. The third-order valence-corrected chi connectivity index (χ3v) is 10.2. The Labute approximate surface area is 238 Å². The molecule has 1 saturated carbocycles. The number of piperazine rings is 1. The van der Waals surface area contributed by atoms with Crippen molar-refractivity contribution in [2.75, 3.05) is 43.7 Å². The second-order valence-corrected chi connectivity index (χ2v) is 13.0. The molecule has 1 aliphatic carbocycles. The molecule has 0 unspecified atom stereocenters. The van der Waals surface area contributed by atoms with Gasteiger partial charge < -0.3 is 10.6 Å². The van der Waals surface area contributed by atoms with Gasteiger partial charge in [-0.25, -0.2) is 26.7 Å². The monoisotopic (exact) mass is 582 g/mol. The van der Waals surface area contributed by atoms with Crippen LogP contribution in [0.4, 0.5) is 20.2 Å². The van der Waals surface area contributed by atoms with Crippen molar-refractivity contribution in [2.24, 2.45) is 0 Å². The van der Waals surface area contributed by atoms with Gasteiger partial charge in [0.15, 0.2) is 0 Å². The summed E-state index contributed by atoms with van der Waals surface area (Å²) in [5.74, 6) is -1.67. The van der Waals surface area contributed by atoms with E-state index in [4.69, 9.17) is 5.73 Å². The summed E-state index contributed by atoms with van der Waals surface area (Å²) in [6, 6.07) is 12.1. The van der Waals surface area contributed by atoms with E-state index in [0.717, 1.165) is 67.5 Å². The number of nitrogens with one attached hydrogen (secondary N) is 3. The maximum absolute atomic E-state index is 15.3. The summed E-state index contributed by atoms with van der Waals surface area (Å²) in [6.45, 7) is 4.69. The molecule has 0 atom stereocenters. The lowest BCUT2D eigenvalue weighted by molar-refractivity contribution is -0.931. The number of hydrogen-bond donors (Lipinski definition) is 3. The van der Waals surface area contributed by atoms with Crippen LogP contribution in [0.15, 0.2) is 65.8 Å². The first-order chi connectivity index (χ1) is 19.7.